The first-order valence-electron chi connectivity index (χ1n) is 5.09. The number of rotatable bonds is 2. The molecule has 0 saturated heterocycles. The van der Waals surface area contributed by atoms with Crippen LogP contribution in [0.25, 0.3) is 0 Å². The Labute approximate surface area is 89.2 Å². The minimum Gasteiger partial charge on any atom is -0.358 e. The van der Waals surface area contributed by atoms with Crippen molar-refractivity contribution >= 4 is 0 Å². The molecule has 0 fully saturated rings. The second-order valence-corrected chi connectivity index (χ2v) is 3.68. The Hall–Kier alpha value is -1.38. The van der Waals surface area contributed by atoms with Crippen LogP contribution in [0.15, 0.2) is 54.1 Å². The third-order valence-electron chi connectivity index (χ3n) is 2.57. The smallest absolute Gasteiger partial charge is 0.217 e. The lowest BCUT2D eigenvalue weighted by atomic mass is 9.93. The molecule has 1 aliphatic carbocycles. The van der Waals surface area contributed by atoms with E-state index in [1.54, 1.807) is 30.3 Å². The maximum Gasteiger partial charge on any atom is 0.217 e. The standard InChI is InChI=1S/C13H14O2/c14-13(15,11-7-3-1-4-8-11)12-9-5-2-6-10-12/h1,3-5,7-10,14-15H,2,6H2. The molecule has 78 valence electrons. The number of aliphatic hydroxyl groups is 2. The van der Waals surface area contributed by atoms with Gasteiger partial charge in [-0.05, 0) is 12.8 Å². The largest absolute Gasteiger partial charge is 0.358 e. The van der Waals surface area contributed by atoms with Gasteiger partial charge in [-0.2, -0.15) is 0 Å². The van der Waals surface area contributed by atoms with Gasteiger partial charge in [-0.25, -0.2) is 0 Å². The van der Waals surface area contributed by atoms with E-state index >= 15 is 0 Å². The van der Waals surface area contributed by atoms with Crippen molar-refractivity contribution in [1.82, 2.24) is 0 Å². The monoisotopic (exact) mass is 202 g/mol. The van der Waals surface area contributed by atoms with Crippen molar-refractivity contribution in [2.24, 2.45) is 0 Å². The van der Waals surface area contributed by atoms with E-state index < -0.39 is 5.79 Å². The molecule has 0 amide bonds. The summed E-state index contributed by atoms with van der Waals surface area (Å²) in [4.78, 5) is 0. The number of hydrogen-bond acceptors (Lipinski definition) is 2. The number of hydrogen-bond donors (Lipinski definition) is 2. The number of benzene rings is 1. The van der Waals surface area contributed by atoms with Gasteiger partial charge >= 0.3 is 0 Å². The highest BCUT2D eigenvalue weighted by atomic mass is 16.5. The van der Waals surface area contributed by atoms with Crippen LogP contribution in [-0.2, 0) is 5.79 Å². The number of allylic oxidation sites excluding steroid dienone is 2. The van der Waals surface area contributed by atoms with Crippen LogP contribution in [-0.4, -0.2) is 10.2 Å². The highest BCUT2D eigenvalue weighted by Gasteiger charge is 2.29. The molecule has 2 heteroatoms. The van der Waals surface area contributed by atoms with Crippen molar-refractivity contribution in [2.45, 2.75) is 18.6 Å². The highest BCUT2D eigenvalue weighted by molar-refractivity contribution is 5.36. The molecule has 0 saturated carbocycles. The van der Waals surface area contributed by atoms with Gasteiger partial charge in [-0.1, -0.05) is 48.6 Å². The van der Waals surface area contributed by atoms with Crippen LogP contribution in [0.5, 0.6) is 0 Å². The van der Waals surface area contributed by atoms with Gasteiger partial charge in [-0.3, -0.25) is 0 Å². The summed E-state index contributed by atoms with van der Waals surface area (Å²) < 4.78 is 0. The van der Waals surface area contributed by atoms with Crippen molar-refractivity contribution in [3.8, 4) is 0 Å². The van der Waals surface area contributed by atoms with Gasteiger partial charge in [0.2, 0.25) is 5.79 Å². The van der Waals surface area contributed by atoms with Crippen LogP contribution >= 0.6 is 0 Å². The molecular weight excluding hydrogens is 188 g/mol. The predicted molar refractivity (Wildman–Crippen MR) is 59.0 cm³/mol. The molecule has 2 nitrogen and oxygen atoms in total. The molecule has 0 radical (unpaired) electrons. The molecule has 2 rings (SSSR count). The van der Waals surface area contributed by atoms with Crippen LogP contribution in [0.2, 0.25) is 0 Å². The Morgan fingerprint density at radius 1 is 1.00 bits per heavy atom. The van der Waals surface area contributed by atoms with Crippen molar-refractivity contribution in [3.63, 3.8) is 0 Å². The summed E-state index contributed by atoms with van der Waals surface area (Å²) in [5, 5.41) is 20.1. The van der Waals surface area contributed by atoms with Gasteiger partial charge in [0.25, 0.3) is 0 Å². The first-order chi connectivity index (χ1) is 7.21. The van der Waals surface area contributed by atoms with E-state index in [1.165, 1.54) is 0 Å². The lowest BCUT2D eigenvalue weighted by Crippen LogP contribution is -2.27. The van der Waals surface area contributed by atoms with E-state index in [2.05, 4.69) is 0 Å². The van der Waals surface area contributed by atoms with Crippen LogP contribution in [0.3, 0.4) is 0 Å². The Kier molecular flexibility index (Phi) is 2.71. The van der Waals surface area contributed by atoms with Gasteiger partial charge in [0.1, 0.15) is 0 Å². The van der Waals surface area contributed by atoms with E-state index in [4.69, 9.17) is 0 Å². The Balaban J connectivity index is 2.34. The van der Waals surface area contributed by atoms with Crippen molar-refractivity contribution in [2.75, 3.05) is 0 Å². The third-order valence-corrected chi connectivity index (χ3v) is 2.57. The van der Waals surface area contributed by atoms with Crippen LogP contribution in [0.1, 0.15) is 18.4 Å². The van der Waals surface area contributed by atoms with Crippen molar-refractivity contribution in [3.05, 3.63) is 59.7 Å². The molecule has 0 unspecified atom stereocenters. The van der Waals surface area contributed by atoms with E-state index in [0.717, 1.165) is 12.8 Å². The highest BCUT2D eigenvalue weighted by Crippen LogP contribution is 2.29. The summed E-state index contributed by atoms with van der Waals surface area (Å²) in [7, 11) is 0. The quantitative estimate of drug-likeness (QED) is 0.721. The summed E-state index contributed by atoms with van der Waals surface area (Å²) in [6.45, 7) is 0. The third kappa shape index (κ3) is 2.01. The minimum absolute atomic E-state index is 0.503. The van der Waals surface area contributed by atoms with E-state index in [-0.39, 0.29) is 0 Å². The summed E-state index contributed by atoms with van der Waals surface area (Å²) in [6.07, 6.45) is 7.43. The average Bonchev–Trinajstić information content (AvgIpc) is 2.31. The molecule has 1 aliphatic rings. The summed E-state index contributed by atoms with van der Waals surface area (Å²) >= 11 is 0. The molecule has 15 heavy (non-hydrogen) atoms. The lowest BCUT2D eigenvalue weighted by molar-refractivity contribution is -0.133. The molecule has 1 aromatic rings. The van der Waals surface area contributed by atoms with E-state index in [9.17, 15) is 10.2 Å². The van der Waals surface area contributed by atoms with Crippen molar-refractivity contribution in [1.29, 1.82) is 0 Å². The van der Waals surface area contributed by atoms with Crippen molar-refractivity contribution < 1.29 is 10.2 Å². The fourth-order valence-electron chi connectivity index (χ4n) is 1.71. The summed E-state index contributed by atoms with van der Waals surface area (Å²) in [5.41, 5.74) is 1.06. The van der Waals surface area contributed by atoms with E-state index in [1.807, 2.05) is 18.2 Å². The second kappa shape index (κ2) is 4.01. The predicted octanol–water partition coefficient (Wildman–Crippen LogP) is 2.10. The zero-order chi connectivity index (χ0) is 10.7. The van der Waals surface area contributed by atoms with Crippen LogP contribution < -0.4 is 0 Å². The van der Waals surface area contributed by atoms with Gasteiger partial charge in [0.05, 0.1) is 0 Å². The minimum atomic E-state index is -1.86. The summed E-state index contributed by atoms with van der Waals surface area (Å²) in [5.74, 6) is -1.86. The average molecular weight is 202 g/mol. The fourth-order valence-corrected chi connectivity index (χ4v) is 1.71. The Morgan fingerprint density at radius 2 is 1.73 bits per heavy atom. The molecule has 0 spiro atoms. The Morgan fingerprint density at radius 3 is 2.33 bits per heavy atom. The molecular formula is C13H14O2. The maximum atomic E-state index is 10.0. The normalized spacial score (nSPS) is 16.3. The molecule has 0 heterocycles. The molecule has 2 N–H and O–H groups in total. The first-order valence-corrected chi connectivity index (χ1v) is 5.09. The molecule has 0 aromatic heterocycles. The fraction of sp³-hybridized carbons (Fsp3) is 0.231. The molecule has 1 aromatic carbocycles. The van der Waals surface area contributed by atoms with Gasteiger partial charge in [0, 0.05) is 11.1 Å². The Bertz CT molecular complexity index is 388. The molecule has 0 aliphatic heterocycles. The van der Waals surface area contributed by atoms with Gasteiger partial charge in [0.15, 0.2) is 0 Å². The van der Waals surface area contributed by atoms with E-state index in [0.29, 0.717) is 11.1 Å². The van der Waals surface area contributed by atoms with Crippen LogP contribution in [0, 0.1) is 0 Å². The molecule has 0 atom stereocenters. The lowest BCUT2D eigenvalue weighted by Gasteiger charge is -2.25. The zero-order valence-corrected chi connectivity index (χ0v) is 8.43. The second-order valence-electron chi connectivity index (χ2n) is 3.68. The first kappa shape index (κ1) is 10.1. The summed E-state index contributed by atoms with van der Waals surface area (Å²) in [6, 6.07) is 8.87. The topological polar surface area (TPSA) is 40.5 Å². The molecule has 0 bridgehead atoms. The van der Waals surface area contributed by atoms with Crippen LogP contribution in [0.4, 0.5) is 0 Å². The SMILES string of the molecule is OC(O)(C1=CCCC=C1)c1ccccc1. The maximum absolute atomic E-state index is 10.0. The zero-order valence-electron chi connectivity index (χ0n) is 8.43. The van der Waals surface area contributed by atoms with Gasteiger partial charge in [-0.15, -0.1) is 0 Å². The van der Waals surface area contributed by atoms with Gasteiger partial charge < -0.3 is 10.2 Å².